The first-order valence-electron chi connectivity index (χ1n) is 12.8. The number of rotatable bonds is 10. The third-order valence-electron chi connectivity index (χ3n) is 6.46. The van der Waals surface area contributed by atoms with Crippen molar-refractivity contribution in [3.8, 4) is 17.2 Å². The fourth-order valence-corrected chi connectivity index (χ4v) is 4.69. The van der Waals surface area contributed by atoms with Gasteiger partial charge in [0.1, 0.15) is 23.0 Å². The quantitative estimate of drug-likeness (QED) is 0.217. The molecule has 3 aromatic carbocycles. The zero-order valence-corrected chi connectivity index (χ0v) is 22.3. The van der Waals surface area contributed by atoms with Crippen LogP contribution in [-0.2, 0) is 9.59 Å². The number of ether oxygens (including phenoxy) is 2. The van der Waals surface area contributed by atoms with E-state index in [1.54, 1.807) is 17.0 Å². The number of ketones is 1. The number of amides is 1. The average Bonchev–Trinajstić information content (AvgIpc) is 3.14. The molecule has 0 aliphatic carbocycles. The highest BCUT2D eigenvalue weighted by atomic mass is 16.5. The molecule has 1 fully saturated rings. The lowest BCUT2D eigenvalue weighted by Crippen LogP contribution is -2.32. The number of likely N-dealkylation sites (tertiary alicyclic amines) is 1. The van der Waals surface area contributed by atoms with Crippen LogP contribution in [0.15, 0.2) is 78.4 Å². The van der Waals surface area contributed by atoms with Gasteiger partial charge in [-0.3, -0.25) is 9.59 Å². The normalized spacial score (nSPS) is 16.8. The van der Waals surface area contributed by atoms with Crippen LogP contribution in [0.4, 0.5) is 0 Å². The van der Waals surface area contributed by atoms with E-state index >= 15 is 0 Å². The summed E-state index contributed by atoms with van der Waals surface area (Å²) in [5, 5.41) is 11.5. The first kappa shape index (κ1) is 26.9. The Morgan fingerprint density at radius 1 is 0.947 bits per heavy atom. The number of aliphatic hydroxyl groups excluding tert-OH is 1. The van der Waals surface area contributed by atoms with Crippen molar-refractivity contribution in [2.45, 2.75) is 26.3 Å². The van der Waals surface area contributed by atoms with E-state index in [1.165, 1.54) is 0 Å². The molecule has 1 aliphatic rings. The molecule has 1 atom stereocenters. The summed E-state index contributed by atoms with van der Waals surface area (Å²) in [5.41, 5.74) is 1.99. The third-order valence-corrected chi connectivity index (χ3v) is 6.46. The van der Waals surface area contributed by atoms with Gasteiger partial charge < -0.3 is 24.4 Å². The van der Waals surface area contributed by atoms with Crippen molar-refractivity contribution < 1.29 is 24.2 Å². The van der Waals surface area contributed by atoms with E-state index < -0.39 is 17.7 Å². The van der Waals surface area contributed by atoms with Crippen LogP contribution in [0.25, 0.3) is 5.76 Å². The van der Waals surface area contributed by atoms with Crippen molar-refractivity contribution in [2.75, 3.05) is 33.8 Å². The van der Waals surface area contributed by atoms with Crippen LogP contribution in [0.3, 0.4) is 0 Å². The average molecular weight is 515 g/mol. The Hall–Kier alpha value is -4.10. The molecule has 7 heteroatoms. The molecular weight excluding hydrogens is 480 g/mol. The summed E-state index contributed by atoms with van der Waals surface area (Å²) in [6.45, 7) is 5.38. The Bertz CT molecular complexity index is 1330. The van der Waals surface area contributed by atoms with Crippen molar-refractivity contribution in [3.63, 3.8) is 0 Å². The van der Waals surface area contributed by atoms with Crippen molar-refractivity contribution in [2.24, 2.45) is 0 Å². The van der Waals surface area contributed by atoms with Crippen LogP contribution in [0.1, 0.15) is 36.1 Å². The fraction of sp³-hybridized carbons (Fsp3) is 0.290. The lowest BCUT2D eigenvalue weighted by Gasteiger charge is -2.26. The van der Waals surface area contributed by atoms with Crippen molar-refractivity contribution in [1.29, 1.82) is 0 Å². The topological polar surface area (TPSA) is 79.3 Å². The zero-order chi connectivity index (χ0) is 27.2. The van der Waals surface area contributed by atoms with Gasteiger partial charge in [0.2, 0.25) is 0 Å². The van der Waals surface area contributed by atoms with E-state index in [2.05, 4.69) is 0 Å². The molecule has 7 nitrogen and oxygen atoms in total. The minimum absolute atomic E-state index is 0.0731. The molecule has 0 bridgehead atoms. The number of hydrogen-bond donors (Lipinski definition) is 1. The maximum atomic E-state index is 13.4. The van der Waals surface area contributed by atoms with E-state index in [9.17, 15) is 14.7 Å². The highest BCUT2D eigenvalue weighted by Crippen LogP contribution is 2.41. The van der Waals surface area contributed by atoms with E-state index in [0.717, 1.165) is 12.1 Å². The Morgan fingerprint density at radius 2 is 1.68 bits per heavy atom. The zero-order valence-electron chi connectivity index (χ0n) is 22.3. The van der Waals surface area contributed by atoms with Gasteiger partial charge in [0.25, 0.3) is 11.7 Å². The summed E-state index contributed by atoms with van der Waals surface area (Å²) in [6, 6.07) is 21.3. The minimum atomic E-state index is -0.748. The summed E-state index contributed by atoms with van der Waals surface area (Å²) >= 11 is 0. The highest BCUT2D eigenvalue weighted by Gasteiger charge is 2.46. The number of carbonyl (C=O) groups excluding carboxylic acids is 2. The van der Waals surface area contributed by atoms with Gasteiger partial charge in [-0.25, -0.2) is 0 Å². The van der Waals surface area contributed by atoms with Gasteiger partial charge in [0, 0.05) is 12.1 Å². The van der Waals surface area contributed by atoms with Crippen LogP contribution in [0.2, 0.25) is 0 Å². The molecule has 0 radical (unpaired) electrons. The number of benzene rings is 3. The summed E-state index contributed by atoms with van der Waals surface area (Å²) in [7, 11) is 3.93. The molecule has 0 unspecified atom stereocenters. The number of hydrogen-bond acceptors (Lipinski definition) is 6. The molecule has 4 rings (SSSR count). The first-order valence-corrected chi connectivity index (χ1v) is 12.8. The van der Waals surface area contributed by atoms with Gasteiger partial charge in [-0.2, -0.15) is 0 Å². The second-order valence-electron chi connectivity index (χ2n) is 9.55. The van der Waals surface area contributed by atoms with Gasteiger partial charge >= 0.3 is 0 Å². The predicted molar refractivity (Wildman–Crippen MR) is 147 cm³/mol. The molecule has 1 saturated heterocycles. The van der Waals surface area contributed by atoms with E-state index in [1.807, 2.05) is 93.5 Å². The Labute approximate surface area is 223 Å². The smallest absolute Gasteiger partial charge is 0.295 e. The number of carbonyl (C=O) groups is 2. The summed E-state index contributed by atoms with van der Waals surface area (Å²) < 4.78 is 11.6. The van der Waals surface area contributed by atoms with Gasteiger partial charge in [-0.05, 0) is 94.5 Å². The van der Waals surface area contributed by atoms with Crippen LogP contribution in [0.5, 0.6) is 17.2 Å². The van der Waals surface area contributed by atoms with Crippen LogP contribution >= 0.6 is 0 Å². The van der Waals surface area contributed by atoms with Gasteiger partial charge in [-0.1, -0.05) is 30.3 Å². The second-order valence-corrected chi connectivity index (χ2v) is 9.55. The first-order chi connectivity index (χ1) is 18.3. The van der Waals surface area contributed by atoms with Crippen LogP contribution in [0, 0.1) is 6.92 Å². The van der Waals surface area contributed by atoms with Gasteiger partial charge in [0.15, 0.2) is 0 Å². The minimum Gasteiger partial charge on any atom is -0.507 e. The van der Waals surface area contributed by atoms with Crippen molar-refractivity contribution >= 4 is 17.4 Å². The standard InChI is InChI=1S/C31H34N2O5/c1-5-37-24-15-16-26(21(2)19-24)29(34)27-28(33(31(36)30(27)35)18-10-17-32(3)4)22-11-9-14-25(20-22)38-23-12-7-6-8-13-23/h6-9,11-16,19-20,28,34H,5,10,17-18H2,1-4H3/t28-/m0/s1. The molecular formula is C31H34N2O5. The van der Waals surface area contributed by atoms with E-state index in [0.29, 0.717) is 47.9 Å². The molecule has 0 aromatic heterocycles. The molecule has 1 heterocycles. The molecule has 1 aliphatic heterocycles. The number of para-hydroxylation sites is 1. The van der Waals surface area contributed by atoms with Gasteiger partial charge in [0.05, 0.1) is 18.2 Å². The molecule has 3 aromatic rings. The van der Waals surface area contributed by atoms with Crippen LogP contribution < -0.4 is 9.47 Å². The molecule has 0 spiro atoms. The second kappa shape index (κ2) is 12.0. The summed E-state index contributed by atoms with van der Waals surface area (Å²) in [5.74, 6) is 0.416. The predicted octanol–water partition coefficient (Wildman–Crippen LogP) is 5.56. The molecule has 0 saturated carbocycles. The highest BCUT2D eigenvalue weighted by molar-refractivity contribution is 6.46. The van der Waals surface area contributed by atoms with Crippen molar-refractivity contribution in [1.82, 2.24) is 9.80 Å². The lowest BCUT2D eigenvalue weighted by atomic mass is 9.93. The van der Waals surface area contributed by atoms with Gasteiger partial charge in [-0.15, -0.1) is 0 Å². The molecule has 198 valence electrons. The monoisotopic (exact) mass is 514 g/mol. The SMILES string of the molecule is CCOc1ccc(C(O)=C2C(=O)C(=O)N(CCCN(C)C)[C@H]2c2cccc(Oc3ccccc3)c2)c(C)c1. The Morgan fingerprint density at radius 3 is 2.37 bits per heavy atom. The Balaban J connectivity index is 1.78. The number of aliphatic hydroxyl groups is 1. The Kier molecular flexibility index (Phi) is 8.48. The third kappa shape index (κ3) is 5.89. The molecule has 1 N–H and O–H groups in total. The van der Waals surface area contributed by atoms with E-state index in [4.69, 9.17) is 9.47 Å². The summed E-state index contributed by atoms with van der Waals surface area (Å²) in [6.07, 6.45) is 0.679. The number of nitrogens with zero attached hydrogens (tertiary/aromatic N) is 2. The maximum Gasteiger partial charge on any atom is 0.295 e. The summed E-state index contributed by atoms with van der Waals surface area (Å²) in [4.78, 5) is 30.3. The van der Waals surface area contributed by atoms with Crippen LogP contribution in [-0.4, -0.2) is 60.4 Å². The molecule has 1 amide bonds. The number of Topliss-reactive ketones (excluding diaryl/α,β-unsaturated/α-hetero) is 1. The lowest BCUT2D eigenvalue weighted by molar-refractivity contribution is -0.139. The largest absolute Gasteiger partial charge is 0.507 e. The fourth-order valence-electron chi connectivity index (χ4n) is 4.69. The number of aryl methyl sites for hydroxylation is 1. The maximum absolute atomic E-state index is 13.4. The van der Waals surface area contributed by atoms with E-state index in [-0.39, 0.29) is 11.3 Å². The molecule has 38 heavy (non-hydrogen) atoms. The van der Waals surface area contributed by atoms with Crippen molar-refractivity contribution in [3.05, 3.63) is 95.1 Å².